The number of hydrogen-bond donors (Lipinski definition) is 0. The first-order valence-electron chi connectivity index (χ1n) is 10.5. The third kappa shape index (κ3) is 6.61. The Morgan fingerprint density at radius 2 is 1.82 bits per heavy atom. The molecule has 2 aromatic carbocycles. The van der Waals surface area contributed by atoms with Crippen molar-refractivity contribution in [3.8, 4) is 11.5 Å². The second kappa shape index (κ2) is 11.0. The number of nitrogens with zero attached hydrogens (tertiary/aromatic N) is 1. The summed E-state index contributed by atoms with van der Waals surface area (Å²) in [6.45, 7) is 6.07. The maximum atomic E-state index is 12.7. The highest BCUT2D eigenvalue weighted by Crippen LogP contribution is 2.34. The van der Waals surface area contributed by atoms with E-state index in [4.69, 9.17) is 14.2 Å². The van der Waals surface area contributed by atoms with Crippen LogP contribution in [0.3, 0.4) is 0 Å². The number of rotatable bonds is 9. The Bertz CT molecular complexity index is 1060. The van der Waals surface area contributed by atoms with Crippen molar-refractivity contribution < 1.29 is 28.6 Å². The summed E-state index contributed by atoms with van der Waals surface area (Å²) in [6.07, 6.45) is 1.59. The molecule has 0 spiro atoms. The second-order valence-corrected chi connectivity index (χ2v) is 9.02. The number of ether oxygens (including phenoxy) is 3. The third-order valence-corrected chi connectivity index (χ3v) is 5.65. The first kappa shape index (κ1) is 24.4. The van der Waals surface area contributed by atoms with E-state index >= 15 is 0 Å². The fourth-order valence-electron chi connectivity index (χ4n) is 2.96. The van der Waals surface area contributed by atoms with E-state index < -0.39 is 23.7 Å². The summed E-state index contributed by atoms with van der Waals surface area (Å²) in [6, 6.07) is 13.3. The van der Waals surface area contributed by atoms with E-state index in [1.54, 1.807) is 24.3 Å². The van der Waals surface area contributed by atoms with Crippen molar-refractivity contribution in [2.45, 2.75) is 27.4 Å². The molecule has 1 saturated heterocycles. The van der Waals surface area contributed by atoms with Gasteiger partial charge in [-0.25, -0.2) is 0 Å². The van der Waals surface area contributed by atoms with Gasteiger partial charge in [0.1, 0.15) is 13.2 Å². The van der Waals surface area contributed by atoms with Gasteiger partial charge in [-0.3, -0.25) is 19.3 Å². The molecule has 1 heterocycles. The highest BCUT2D eigenvalue weighted by molar-refractivity contribution is 8.18. The lowest BCUT2D eigenvalue weighted by atomic mass is 10.1. The maximum absolute atomic E-state index is 12.7. The van der Waals surface area contributed by atoms with Crippen LogP contribution in [0, 0.1) is 12.8 Å². The maximum Gasteiger partial charge on any atom is 0.326 e. The molecule has 0 unspecified atom stereocenters. The monoisotopic (exact) mass is 469 g/mol. The number of amides is 2. The number of aryl methyl sites for hydroxylation is 1. The summed E-state index contributed by atoms with van der Waals surface area (Å²) in [4.78, 5) is 38.0. The van der Waals surface area contributed by atoms with Crippen molar-refractivity contribution >= 4 is 35.0 Å². The Kier molecular flexibility index (Phi) is 8.16. The molecule has 0 radical (unpaired) electrons. The summed E-state index contributed by atoms with van der Waals surface area (Å²) < 4.78 is 16.4. The number of carbonyl (C=O) groups excluding carboxylic acids is 3. The molecule has 2 aromatic rings. The Morgan fingerprint density at radius 1 is 1.09 bits per heavy atom. The topological polar surface area (TPSA) is 82.1 Å². The van der Waals surface area contributed by atoms with E-state index in [1.807, 2.05) is 45.0 Å². The Morgan fingerprint density at radius 3 is 2.48 bits per heavy atom. The molecule has 8 heteroatoms. The zero-order valence-electron chi connectivity index (χ0n) is 19.1. The van der Waals surface area contributed by atoms with Crippen LogP contribution in [-0.4, -0.2) is 42.3 Å². The highest BCUT2D eigenvalue weighted by atomic mass is 32.2. The summed E-state index contributed by atoms with van der Waals surface area (Å²) in [5.41, 5.74) is 2.88. The van der Waals surface area contributed by atoms with Gasteiger partial charge < -0.3 is 14.2 Å². The molecule has 0 N–H and O–H groups in total. The van der Waals surface area contributed by atoms with Gasteiger partial charge in [-0.2, -0.15) is 0 Å². The van der Waals surface area contributed by atoms with E-state index in [-0.39, 0.29) is 17.4 Å². The first-order chi connectivity index (χ1) is 15.8. The third-order valence-electron chi connectivity index (χ3n) is 4.74. The molecule has 0 saturated carbocycles. The number of esters is 1. The van der Waals surface area contributed by atoms with Gasteiger partial charge in [0.2, 0.25) is 0 Å². The van der Waals surface area contributed by atoms with Gasteiger partial charge >= 0.3 is 5.97 Å². The van der Waals surface area contributed by atoms with Crippen LogP contribution in [0.5, 0.6) is 11.5 Å². The molecule has 33 heavy (non-hydrogen) atoms. The van der Waals surface area contributed by atoms with Crippen LogP contribution in [0.1, 0.15) is 30.5 Å². The lowest BCUT2D eigenvalue weighted by molar-refractivity contribution is -0.147. The van der Waals surface area contributed by atoms with Crippen LogP contribution in [0.4, 0.5) is 4.79 Å². The SMILES string of the molecule is COc1cc(/C=C2/SC(=O)N(CC(=O)OCC(C)C)C2=O)ccc1OCc1ccc(C)cc1. The van der Waals surface area contributed by atoms with Crippen LogP contribution in [0.25, 0.3) is 6.08 Å². The Hall–Kier alpha value is -3.26. The van der Waals surface area contributed by atoms with E-state index in [0.717, 1.165) is 22.2 Å². The second-order valence-electron chi connectivity index (χ2n) is 8.03. The van der Waals surface area contributed by atoms with Gasteiger partial charge in [-0.15, -0.1) is 0 Å². The van der Waals surface area contributed by atoms with E-state index in [0.29, 0.717) is 23.7 Å². The normalized spacial score (nSPS) is 14.8. The van der Waals surface area contributed by atoms with Gasteiger partial charge in [0.15, 0.2) is 11.5 Å². The number of benzene rings is 2. The fraction of sp³-hybridized carbons (Fsp3) is 0.320. The van der Waals surface area contributed by atoms with E-state index in [1.165, 1.54) is 12.7 Å². The van der Waals surface area contributed by atoms with Crippen molar-refractivity contribution in [1.82, 2.24) is 4.90 Å². The van der Waals surface area contributed by atoms with E-state index in [9.17, 15) is 14.4 Å². The number of thioether (sulfide) groups is 1. The van der Waals surface area contributed by atoms with Crippen molar-refractivity contribution in [1.29, 1.82) is 0 Å². The smallest absolute Gasteiger partial charge is 0.326 e. The molecular formula is C25H27NO6S. The molecule has 3 rings (SSSR count). The zero-order valence-corrected chi connectivity index (χ0v) is 19.9. The van der Waals surface area contributed by atoms with Gasteiger partial charge in [0.25, 0.3) is 11.1 Å². The lowest BCUT2D eigenvalue weighted by Gasteiger charge is -2.13. The predicted molar refractivity (Wildman–Crippen MR) is 127 cm³/mol. The minimum absolute atomic E-state index is 0.169. The number of carbonyl (C=O) groups is 3. The minimum atomic E-state index is -0.607. The fourth-order valence-corrected chi connectivity index (χ4v) is 3.80. The summed E-state index contributed by atoms with van der Waals surface area (Å²) in [7, 11) is 1.54. The van der Waals surface area contributed by atoms with Crippen LogP contribution in [0.15, 0.2) is 47.4 Å². The standard InChI is InChI=1S/C25H27NO6S/c1-16(2)14-32-23(27)13-26-24(28)22(33-25(26)29)12-19-9-10-20(21(11-19)30-4)31-15-18-7-5-17(3)6-8-18/h5-12,16H,13-15H2,1-4H3/b22-12+. The quantitative estimate of drug-likeness (QED) is 0.385. The largest absolute Gasteiger partial charge is 0.493 e. The molecular weight excluding hydrogens is 442 g/mol. The molecule has 0 atom stereocenters. The van der Waals surface area contributed by atoms with Gasteiger partial charge in [-0.05, 0) is 53.9 Å². The average Bonchev–Trinajstić information content (AvgIpc) is 3.05. The van der Waals surface area contributed by atoms with Crippen molar-refractivity contribution in [2.75, 3.05) is 20.3 Å². The predicted octanol–water partition coefficient (Wildman–Crippen LogP) is 4.82. The Labute approximate surface area is 197 Å². The minimum Gasteiger partial charge on any atom is -0.493 e. The van der Waals surface area contributed by atoms with Gasteiger partial charge in [0, 0.05) is 0 Å². The molecule has 2 amide bonds. The Balaban J connectivity index is 1.68. The molecule has 1 fully saturated rings. The summed E-state index contributed by atoms with van der Waals surface area (Å²) in [5.74, 6) is 0.111. The molecule has 0 aliphatic carbocycles. The van der Waals surface area contributed by atoms with Crippen LogP contribution < -0.4 is 9.47 Å². The van der Waals surface area contributed by atoms with Gasteiger partial charge in [-0.1, -0.05) is 49.7 Å². The molecule has 1 aliphatic rings. The van der Waals surface area contributed by atoms with Crippen LogP contribution >= 0.6 is 11.8 Å². The molecule has 0 aromatic heterocycles. The van der Waals surface area contributed by atoms with Crippen molar-refractivity contribution in [3.63, 3.8) is 0 Å². The molecule has 1 aliphatic heterocycles. The summed E-state index contributed by atoms with van der Waals surface area (Å²) in [5, 5.41) is -0.502. The molecule has 174 valence electrons. The number of methoxy groups -OCH3 is 1. The average molecular weight is 470 g/mol. The zero-order chi connectivity index (χ0) is 24.0. The van der Waals surface area contributed by atoms with Crippen molar-refractivity contribution in [2.24, 2.45) is 5.92 Å². The first-order valence-corrected chi connectivity index (χ1v) is 11.4. The number of hydrogen-bond acceptors (Lipinski definition) is 7. The number of imide groups is 1. The lowest BCUT2D eigenvalue weighted by Crippen LogP contribution is -2.34. The van der Waals surface area contributed by atoms with Crippen LogP contribution in [-0.2, 0) is 20.9 Å². The van der Waals surface area contributed by atoms with Gasteiger partial charge in [0.05, 0.1) is 18.6 Å². The van der Waals surface area contributed by atoms with Crippen molar-refractivity contribution in [3.05, 3.63) is 64.1 Å². The molecule has 7 nitrogen and oxygen atoms in total. The summed E-state index contributed by atoms with van der Waals surface area (Å²) >= 11 is 0.788. The molecule has 0 bridgehead atoms. The highest BCUT2D eigenvalue weighted by Gasteiger charge is 2.36. The van der Waals surface area contributed by atoms with E-state index in [2.05, 4.69) is 0 Å². The van der Waals surface area contributed by atoms with Crippen LogP contribution in [0.2, 0.25) is 0 Å².